The van der Waals surface area contributed by atoms with Crippen LogP contribution in [0.3, 0.4) is 0 Å². The predicted octanol–water partition coefficient (Wildman–Crippen LogP) is 5.67. The van der Waals surface area contributed by atoms with Gasteiger partial charge in [-0.15, -0.1) is 0 Å². The number of rotatable bonds is 7. The van der Waals surface area contributed by atoms with Crippen LogP contribution in [0.2, 0.25) is 0 Å². The van der Waals surface area contributed by atoms with Gasteiger partial charge in [0.2, 0.25) is 0 Å². The van der Waals surface area contributed by atoms with Crippen LogP contribution in [0.5, 0.6) is 5.75 Å². The molecule has 0 bridgehead atoms. The van der Waals surface area contributed by atoms with Crippen molar-refractivity contribution < 1.29 is 19.0 Å². The molecular weight excluding hydrogens is 369 g/mol. The first-order chi connectivity index (χ1) is 13.8. The first-order valence-corrected chi connectivity index (χ1v) is 9.55. The van der Waals surface area contributed by atoms with E-state index in [2.05, 4.69) is 4.98 Å². The van der Waals surface area contributed by atoms with E-state index in [-0.39, 0.29) is 18.1 Å². The van der Waals surface area contributed by atoms with Gasteiger partial charge in [0, 0.05) is 16.8 Å². The number of aromatic carboxylic acids is 1. The summed E-state index contributed by atoms with van der Waals surface area (Å²) in [7, 11) is 0. The Morgan fingerprint density at radius 1 is 1.07 bits per heavy atom. The Morgan fingerprint density at radius 3 is 2.38 bits per heavy atom. The van der Waals surface area contributed by atoms with E-state index in [1.807, 2.05) is 45.0 Å². The monoisotopic (exact) mass is 393 g/mol. The van der Waals surface area contributed by atoms with Crippen molar-refractivity contribution in [3.05, 3.63) is 82.9 Å². The van der Waals surface area contributed by atoms with E-state index in [4.69, 9.17) is 4.74 Å². The van der Waals surface area contributed by atoms with Crippen LogP contribution in [0.1, 0.15) is 41.2 Å². The van der Waals surface area contributed by atoms with Gasteiger partial charge in [-0.3, -0.25) is 4.98 Å². The molecule has 0 unspecified atom stereocenters. The summed E-state index contributed by atoms with van der Waals surface area (Å²) in [6.07, 6.45) is 0.598. The van der Waals surface area contributed by atoms with Crippen molar-refractivity contribution in [3.8, 4) is 16.9 Å². The van der Waals surface area contributed by atoms with Gasteiger partial charge in [-0.1, -0.05) is 49.7 Å². The van der Waals surface area contributed by atoms with E-state index in [1.54, 1.807) is 18.2 Å². The molecule has 0 saturated heterocycles. The Balaban J connectivity index is 2.04. The zero-order valence-corrected chi connectivity index (χ0v) is 16.8. The molecule has 0 radical (unpaired) electrons. The predicted molar refractivity (Wildman–Crippen MR) is 111 cm³/mol. The lowest BCUT2D eigenvalue weighted by Crippen LogP contribution is -2.13. The maximum Gasteiger partial charge on any atom is 0.337 e. The molecule has 3 rings (SSSR count). The average Bonchev–Trinajstić information content (AvgIpc) is 2.67. The van der Waals surface area contributed by atoms with Crippen molar-refractivity contribution in [1.82, 2.24) is 4.98 Å². The van der Waals surface area contributed by atoms with E-state index >= 15 is 0 Å². The highest BCUT2D eigenvalue weighted by atomic mass is 19.1. The van der Waals surface area contributed by atoms with Gasteiger partial charge in [0.05, 0.1) is 11.3 Å². The van der Waals surface area contributed by atoms with Gasteiger partial charge >= 0.3 is 5.97 Å². The highest BCUT2D eigenvalue weighted by Crippen LogP contribution is 2.29. The molecule has 0 spiro atoms. The molecule has 0 aliphatic heterocycles. The number of ether oxygens (including phenoxy) is 1. The molecule has 2 aromatic carbocycles. The lowest BCUT2D eigenvalue weighted by Gasteiger charge is -2.16. The number of aryl methyl sites for hydroxylation is 1. The molecule has 29 heavy (non-hydrogen) atoms. The summed E-state index contributed by atoms with van der Waals surface area (Å²) in [6, 6.07) is 15.4. The Kier molecular flexibility index (Phi) is 6.27. The van der Waals surface area contributed by atoms with E-state index in [0.29, 0.717) is 34.7 Å². The number of nitrogens with zero attached hydrogens (tertiary/aromatic N) is 1. The van der Waals surface area contributed by atoms with E-state index in [0.717, 1.165) is 5.56 Å². The third kappa shape index (κ3) is 4.99. The van der Waals surface area contributed by atoms with Crippen molar-refractivity contribution in [2.24, 2.45) is 5.92 Å². The van der Waals surface area contributed by atoms with Gasteiger partial charge in [-0.2, -0.15) is 0 Å². The molecule has 1 aromatic heterocycles. The number of benzene rings is 2. The number of pyridine rings is 1. The highest BCUT2D eigenvalue weighted by molar-refractivity contribution is 5.91. The molecule has 0 atom stereocenters. The Morgan fingerprint density at radius 2 is 1.76 bits per heavy atom. The summed E-state index contributed by atoms with van der Waals surface area (Å²) >= 11 is 0. The quantitative estimate of drug-likeness (QED) is 0.562. The van der Waals surface area contributed by atoms with Gasteiger partial charge in [0.25, 0.3) is 0 Å². The number of halogens is 1. The number of hydrogen-bond donors (Lipinski definition) is 1. The fraction of sp³-hybridized carbons (Fsp3) is 0.250. The molecule has 0 aliphatic carbocycles. The van der Waals surface area contributed by atoms with Gasteiger partial charge in [-0.05, 0) is 43.5 Å². The summed E-state index contributed by atoms with van der Waals surface area (Å²) in [4.78, 5) is 16.5. The van der Waals surface area contributed by atoms with Gasteiger partial charge in [-0.25, -0.2) is 9.18 Å². The first-order valence-electron chi connectivity index (χ1n) is 9.55. The standard InChI is InChI=1S/C24H24FNO3/c1-15(2)12-22-19(18-6-4-5-7-21(18)25)13-20(24(27)28)23(26-22)14-29-17-10-8-16(3)9-11-17/h4-11,13,15H,12,14H2,1-3H3,(H,27,28). The topological polar surface area (TPSA) is 59.4 Å². The zero-order valence-electron chi connectivity index (χ0n) is 16.8. The summed E-state index contributed by atoms with van der Waals surface area (Å²) in [5.41, 5.74) is 2.97. The molecule has 0 saturated carbocycles. The van der Waals surface area contributed by atoms with Crippen LogP contribution in [-0.2, 0) is 13.0 Å². The molecule has 1 heterocycles. The lowest BCUT2D eigenvalue weighted by molar-refractivity contribution is 0.0693. The normalized spacial score (nSPS) is 10.9. The minimum absolute atomic E-state index is 0.0165. The second-order valence-electron chi connectivity index (χ2n) is 7.46. The summed E-state index contributed by atoms with van der Waals surface area (Å²) in [6.45, 7) is 6.08. The second-order valence-corrected chi connectivity index (χ2v) is 7.46. The highest BCUT2D eigenvalue weighted by Gasteiger charge is 2.20. The summed E-state index contributed by atoms with van der Waals surface area (Å²) < 4.78 is 20.2. The minimum Gasteiger partial charge on any atom is -0.487 e. The smallest absolute Gasteiger partial charge is 0.337 e. The fourth-order valence-electron chi connectivity index (χ4n) is 3.13. The van der Waals surface area contributed by atoms with Crippen molar-refractivity contribution in [3.63, 3.8) is 0 Å². The molecule has 0 aliphatic rings. The number of aromatic nitrogens is 1. The Bertz CT molecular complexity index is 1010. The van der Waals surface area contributed by atoms with Gasteiger partial charge < -0.3 is 9.84 Å². The number of carboxylic acids is 1. The van der Waals surface area contributed by atoms with Crippen LogP contribution < -0.4 is 4.74 Å². The summed E-state index contributed by atoms with van der Waals surface area (Å²) in [5.74, 6) is -0.611. The molecule has 5 heteroatoms. The van der Waals surface area contributed by atoms with E-state index < -0.39 is 11.8 Å². The molecular formula is C24H24FNO3. The van der Waals surface area contributed by atoms with E-state index in [1.165, 1.54) is 12.1 Å². The Hall–Kier alpha value is -3.21. The number of carboxylic acid groups (broad SMARTS) is 1. The maximum atomic E-state index is 14.4. The van der Waals surface area contributed by atoms with Crippen LogP contribution in [-0.4, -0.2) is 16.1 Å². The summed E-state index contributed by atoms with van der Waals surface area (Å²) in [5, 5.41) is 9.72. The van der Waals surface area contributed by atoms with Crippen LogP contribution in [0.4, 0.5) is 4.39 Å². The zero-order chi connectivity index (χ0) is 21.0. The fourth-order valence-corrected chi connectivity index (χ4v) is 3.13. The molecule has 0 fully saturated rings. The van der Waals surface area contributed by atoms with Crippen molar-refractivity contribution in [1.29, 1.82) is 0 Å². The van der Waals surface area contributed by atoms with Gasteiger partial charge in [0.15, 0.2) is 0 Å². The Labute approximate surface area is 170 Å². The third-order valence-corrected chi connectivity index (χ3v) is 4.57. The third-order valence-electron chi connectivity index (χ3n) is 4.57. The largest absolute Gasteiger partial charge is 0.487 e. The average molecular weight is 393 g/mol. The SMILES string of the molecule is Cc1ccc(OCc2nc(CC(C)C)c(-c3ccccc3F)cc2C(=O)O)cc1. The van der Waals surface area contributed by atoms with Crippen LogP contribution in [0.25, 0.3) is 11.1 Å². The number of carbonyl (C=O) groups is 1. The number of hydrogen-bond acceptors (Lipinski definition) is 3. The molecule has 4 nitrogen and oxygen atoms in total. The first kappa shape index (κ1) is 20.5. The second kappa shape index (κ2) is 8.86. The maximum absolute atomic E-state index is 14.4. The minimum atomic E-state index is -1.12. The molecule has 0 amide bonds. The van der Waals surface area contributed by atoms with Gasteiger partial charge in [0.1, 0.15) is 18.2 Å². The lowest BCUT2D eigenvalue weighted by atomic mass is 9.95. The van der Waals surface area contributed by atoms with Crippen LogP contribution in [0.15, 0.2) is 54.6 Å². The molecule has 150 valence electrons. The van der Waals surface area contributed by atoms with Crippen molar-refractivity contribution in [2.75, 3.05) is 0 Å². The van der Waals surface area contributed by atoms with Crippen molar-refractivity contribution >= 4 is 5.97 Å². The van der Waals surface area contributed by atoms with Crippen molar-refractivity contribution in [2.45, 2.75) is 33.8 Å². The van der Waals surface area contributed by atoms with Crippen LogP contribution >= 0.6 is 0 Å². The van der Waals surface area contributed by atoms with E-state index in [9.17, 15) is 14.3 Å². The molecule has 1 N–H and O–H groups in total. The van der Waals surface area contributed by atoms with Crippen LogP contribution in [0, 0.1) is 18.7 Å². The molecule has 3 aromatic rings.